The summed E-state index contributed by atoms with van der Waals surface area (Å²) in [5.74, 6) is -0.00184. The quantitative estimate of drug-likeness (QED) is 0.720. The van der Waals surface area contributed by atoms with Crippen LogP contribution in [0.1, 0.15) is 16.9 Å². The van der Waals surface area contributed by atoms with Crippen molar-refractivity contribution in [2.24, 2.45) is 0 Å². The molecule has 6 nitrogen and oxygen atoms in total. The lowest BCUT2D eigenvalue weighted by Crippen LogP contribution is -2.34. The molecular weight excluding hydrogens is 314 g/mol. The number of rotatable bonds is 2. The van der Waals surface area contributed by atoms with E-state index < -0.39 is 0 Å². The van der Waals surface area contributed by atoms with E-state index in [0.717, 1.165) is 43.9 Å². The fourth-order valence-corrected chi connectivity index (χ4v) is 3.23. The molecule has 2 aromatic heterocycles. The third-order valence-electron chi connectivity index (χ3n) is 4.65. The number of imidazole rings is 1. The lowest BCUT2D eigenvalue weighted by atomic mass is 10.1. The Labute approximate surface area is 146 Å². The van der Waals surface area contributed by atoms with Crippen LogP contribution in [0, 0.1) is 0 Å². The Bertz CT molecular complexity index is 889. The van der Waals surface area contributed by atoms with Crippen molar-refractivity contribution < 1.29 is 4.79 Å². The SMILES string of the molecule is CN1CCCN(C(=O)c2cn3ccnc(-c4ccccc4)c3n2)CC1. The normalized spacial score (nSPS) is 16.1. The minimum Gasteiger partial charge on any atom is -0.336 e. The molecule has 4 rings (SSSR count). The summed E-state index contributed by atoms with van der Waals surface area (Å²) in [6.45, 7) is 3.45. The van der Waals surface area contributed by atoms with Crippen LogP contribution >= 0.6 is 0 Å². The monoisotopic (exact) mass is 335 g/mol. The molecule has 0 bridgehead atoms. The maximum atomic E-state index is 12.9. The summed E-state index contributed by atoms with van der Waals surface area (Å²) in [5.41, 5.74) is 2.98. The number of carbonyl (C=O) groups excluding carboxylic acids is 1. The van der Waals surface area contributed by atoms with Crippen LogP contribution in [0.4, 0.5) is 0 Å². The molecule has 25 heavy (non-hydrogen) atoms. The molecule has 1 aliphatic heterocycles. The zero-order chi connectivity index (χ0) is 17.2. The van der Waals surface area contributed by atoms with Crippen LogP contribution in [0.5, 0.6) is 0 Å². The van der Waals surface area contributed by atoms with Crippen LogP contribution in [0.2, 0.25) is 0 Å². The number of hydrogen-bond donors (Lipinski definition) is 0. The highest BCUT2D eigenvalue weighted by atomic mass is 16.2. The van der Waals surface area contributed by atoms with Crippen LogP contribution in [0.3, 0.4) is 0 Å². The predicted molar refractivity (Wildman–Crippen MR) is 96.4 cm³/mol. The largest absolute Gasteiger partial charge is 0.336 e. The van der Waals surface area contributed by atoms with E-state index in [-0.39, 0.29) is 5.91 Å². The average molecular weight is 335 g/mol. The smallest absolute Gasteiger partial charge is 0.274 e. The molecule has 0 saturated carbocycles. The van der Waals surface area contributed by atoms with Gasteiger partial charge in [-0.15, -0.1) is 0 Å². The Kier molecular flexibility index (Phi) is 4.19. The second-order valence-electron chi connectivity index (χ2n) is 6.45. The van der Waals surface area contributed by atoms with Crippen molar-refractivity contribution in [2.45, 2.75) is 6.42 Å². The Morgan fingerprint density at radius 3 is 2.76 bits per heavy atom. The van der Waals surface area contributed by atoms with Gasteiger partial charge in [-0.1, -0.05) is 30.3 Å². The Balaban J connectivity index is 1.68. The third-order valence-corrected chi connectivity index (χ3v) is 4.65. The van der Waals surface area contributed by atoms with Gasteiger partial charge in [-0.3, -0.25) is 9.78 Å². The Morgan fingerprint density at radius 1 is 1.08 bits per heavy atom. The molecule has 1 fully saturated rings. The van der Waals surface area contributed by atoms with Gasteiger partial charge in [0.1, 0.15) is 11.4 Å². The van der Waals surface area contributed by atoms with E-state index in [9.17, 15) is 4.79 Å². The molecule has 6 heteroatoms. The zero-order valence-electron chi connectivity index (χ0n) is 14.3. The van der Waals surface area contributed by atoms with Crippen molar-refractivity contribution in [1.29, 1.82) is 0 Å². The summed E-state index contributed by atoms with van der Waals surface area (Å²) in [6, 6.07) is 9.93. The van der Waals surface area contributed by atoms with E-state index in [1.54, 1.807) is 12.4 Å². The molecule has 1 saturated heterocycles. The number of fused-ring (bicyclic) bond motifs is 1. The lowest BCUT2D eigenvalue weighted by molar-refractivity contribution is 0.0757. The minimum absolute atomic E-state index is 0.00184. The number of nitrogens with zero attached hydrogens (tertiary/aromatic N) is 5. The van der Waals surface area contributed by atoms with Crippen molar-refractivity contribution in [3.63, 3.8) is 0 Å². The van der Waals surface area contributed by atoms with Crippen molar-refractivity contribution >= 4 is 11.6 Å². The summed E-state index contributed by atoms with van der Waals surface area (Å²) in [7, 11) is 2.09. The van der Waals surface area contributed by atoms with E-state index in [0.29, 0.717) is 11.3 Å². The number of likely N-dealkylation sites (N-methyl/N-ethyl adjacent to an activating group) is 1. The molecule has 3 heterocycles. The molecule has 0 N–H and O–H groups in total. The van der Waals surface area contributed by atoms with E-state index in [2.05, 4.69) is 21.9 Å². The first-order valence-corrected chi connectivity index (χ1v) is 8.59. The number of aromatic nitrogens is 3. The fourth-order valence-electron chi connectivity index (χ4n) is 3.23. The fraction of sp³-hybridized carbons (Fsp3) is 0.316. The molecule has 0 unspecified atom stereocenters. The van der Waals surface area contributed by atoms with Crippen LogP contribution in [-0.2, 0) is 0 Å². The summed E-state index contributed by atoms with van der Waals surface area (Å²) in [6.07, 6.45) is 6.38. The summed E-state index contributed by atoms with van der Waals surface area (Å²) in [5, 5.41) is 0. The van der Waals surface area contributed by atoms with Crippen molar-refractivity contribution in [3.8, 4) is 11.3 Å². The second kappa shape index (κ2) is 6.64. The molecule has 0 radical (unpaired) electrons. The van der Waals surface area contributed by atoms with Gasteiger partial charge < -0.3 is 14.2 Å². The Hall–Kier alpha value is -2.73. The first kappa shape index (κ1) is 15.8. The van der Waals surface area contributed by atoms with Gasteiger partial charge in [0, 0.05) is 43.8 Å². The van der Waals surface area contributed by atoms with Gasteiger partial charge in [-0.2, -0.15) is 0 Å². The van der Waals surface area contributed by atoms with E-state index >= 15 is 0 Å². The van der Waals surface area contributed by atoms with Crippen molar-refractivity contribution in [2.75, 3.05) is 33.2 Å². The molecule has 0 atom stereocenters. The van der Waals surface area contributed by atoms with E-state index in [4.69, 9.17) is 0 Å². The van der Waals surface area contributed by atoms with Crippen LogP contribution < -0.4 is 0 Å². The van der Waals surface area contributed by atoms with Gasteiger partial charge in [0.2, 0.25) is 0 Å². The Morgan fingerprint density at radius 2 is 1.92 bits per heavy atom. The standard InChI is InChI=1S/C19H21N5O/c1-22-9-5-10-23(13-12-22)19(25)16-14-24-11-8-20-17(18(24)21-16)15-6-3-2-4-7-15/h2-4,6-8,11,14H,5,9-10,12-13H2,1H3. The summed E-state index contributed by atoms with van der Waals surface area (Å²) in [4.78, 5) is 26.1. The lowest BCUT2D eigenvalue weighted by Gasteiger charge is -2.19. The topological polar surface area (TPSA) is 53.7 Å². The van der Waals surface area contributed by atoms with Crippen LogP contribution in [0.25, 0.3) is 16.9 Å². The van der Waals surface area contributed by atoms with E-state index in [1.165, 1.54) is 0 Å². The molecule has 128 valence electrons. The molecular formula is C19H21N5O. The molecule has 0 spiro atoms. The van der Waals surface area contributed by atoms with Crippen LogP contribution in [0.15, 0.2) is 48.9 Å². The first-order chi connectivity index (χ1) is 12.2. The van der Waals surface area contributed by atoms with Gasteiger partial charge >= 0.3 is 0 Å². The van der Waals surface area contributed by atoms with Gasteiger partial charge in [0.15, 0.2) is 5.65 Å². The van der Waals surface area contributed by atoms with Crippen molar-refractivity contribution in [3.05, 3.63) is 54.6 Å². The van der Waals surface area contributed by atoms with E-state index in [1.807, 2.05) is 45.8 Å². The number of benzene rings is 1. The maximum absolute atomic E-state index is 12.9. The zero-order valence-corrected chi connectivity index (χ0v) is 14.3. The summed E-state index contributed by atoms with van der Waals surface area (Å²) < 4.78 is 1.88. The molecule has 1 aromatic carbocycles. The highest BCUT2D eigenvalue weighted by Crippen LogP contribution is 2.22. The second-order valence-corrected chi connectivity index (χ2v) is 6.45. The van der Waals surface area contributed by atoms with Crippen molar-refractivity contribution in [1.82, 2.24) is 24.2 Å². The maximum Gasteiger partial charge on any atom is 0.274 e. The van der Waals surface area contributed by atoms with Gasteiger partial charge in [0.25, 0.3) is 5.91 Å². The number of amides is 1. The molecule has 3 aromatic rings. The van der Waals surface area contributed by atoms with Gasteiger partial charge in [0.05, 0.1) is 0 Å². The molecule has 1 amide bonds. The average Bonchev–Trinajstić information content (AvgIpc) is 2.97. The van der Waals surface area contributed by atoms with Gasteiger partial charge in [-0.05, 0) is 20.0 Å². The highest BCUT2D eigenvalue weighted by Gasteiger charge is 2.22. The minimum atomic E-state index is -0.00184. The predicted octanol–water partition coefficient (Wildman–Crippen LogP) is 2.17. The summed E-state index contributed by atoms with van der Waals surface area (Å²) >= 11 is 0. The first-order valence-electron chi connectivity index (χ1n) is 8.59. The van der Waals surface area contributed by atoms with Crippen LogP contribution in [-0.4, -0.2) is 63.3 Å². The number of hydrogen-bond acceptors (Lipinski definition) is 4. The molecule has 0 aliphatic carbocycles. The third kappa shape index (κ3) is 3.13. The molecule has 1 aliphatic rings. The van der Waals surface area contributed by atoms with Gasteiger partial charge in [-0.25, -0.2) is 4.98 Å². The number of carbonyl (C=O) groups is 1. The highest BCUT2D eigenvalue weighted by molar-refractivity contribution is 5.93.